The molecule has 8 nitrogen and oxygen atoms in total. The molecule has 0 aromatic heterocycles. The highest BCUT2D eigenvalue weighted by Crippen LogP contribution is 2.40. The second-order valence-electron chi connectivity index (χ2n) is 5.07. The number of carboxylic acids is 1. The van der Waals surface area contributed by atoms with Gasteiger partial charge in [-0.3, -0.25) is 19.8 Å². The highest BCUT2D eigenvalue weighted by atomic mass is 32.2. The molecule has 124 valence electrons. The molecule has 0 saturated carbocycles. The Kier molecular flexibility index (Phi) is 4.33. The first kappa shape index (κ1) is 16.5. The summed E-state index contributed by atoms with van der Waals surface area (Å²) in [4.78, 5) is 35.6. The maximum atomic E-state index is 12.2. The first-order chi connectivity index (χ1) is 11.4. The number of hydrogen-bond donors (Lipinski definition) is 1. The van der Waals surface area contributed by atoms with Crippen molar-refractivity contribution in [3.8, 4) is 0 Å². The van der Waals surface area contributed by atoms with E-state index < -0.39 is 22.2 Å². The number of carbonyl (C=O) groups excluding carboxylic acids is 1. The Morgan fingerprint density at radius 3 is 2.88 bits per heavy atom. The van der Waals surface area contributed by atoms with E-state index in [1.807, 2.05) is 0 Å². The largest absolute Gasteiger partial charge is 0.477 e. The first-order valence-electron chi connectivity index (χ1n) is 6.78. The zero-order valence-electron chi connectivity index (χ0n) is 12.3. The Morgan fingerprint density at radius 2 is 2.21 bits per heavy atom. The number of carbonyl (C=O) groups is 2. The minimum Gasteiger partial charge on any atom is -0.477 e. The van der Waals surface area contributed by atoms with Crippen LogP contribution in [0.2, 0.25) is 0 Å². The van der Waals surface area contributed by atoms with Crippen LogP contribution in [0.15, 0.2) is 44.8 Å². The van der Waals surface area contributed by atoms with Crippen LogP contribution in [0.3, 0.4) is 0 Å². The van der Waals surface area contributed by atoms with Crippen molar-refractivity contribution in [3.05, 3.63) is 45.6 Å². The van der Waals surface area contributed by atoms with E-state index in [2.05, 4.69) is 4.40 Å². The van der Waals surface area contributed by atoms with E-state index in [1.165, 1.54) is 22.7 Å². The van der Waals surface area contributed by atoms with E-state index in [1.54, 1.807) is 25.1 Å². The molecular formula is C14H11N3O5S2. The minimum absolute atomic E-state index is 0.00149. The van der Waals surface area contributed by atoms with Gasteiger partial charge in [-0.1, -0.05) is 12.1 Å². The van der Waals surface area contributed by atoms with Crippen molar-refractivity contribution in [1.82, 2.24) is 4.90 Å². The molecule has 0 aliphatic carbocycles. The number of thioether (sulfide) groups is 1. The Balaban J connectivity index is 1.84. The second kappa shape index (κ2) is 6.29. The number of hydrogen-bond acceptors (Lipinski definition) is 7. The monoisotopic (exact) mass is 365 g/mol. The number of carboxylic acid groups (broad SMARTS) is 1. The lowest BCUT2D eigenvalue weighted by Gasteiger charge is -2.44. The summed E-state index contributed by atoms with van der Waals surface area (Å²) >= 11 is 2.26. The number of para-hydroxylation sites is 1. The SMILES string of the molecule is CC1=C(C(=O)O)N2C(=O)C(=NSc3ccccc3[N+](=O)[O-])[C@@H]2SC1. The number of amides is 1. The predicted molar refractivity (Wildman–Crippen MR) is 89.8 cm³/mol. The number of fused-ring (bicyclic) bond motifs is 1. The fourth-order valence-corrected chi connectivity index (χ4v) is 4.42. The fourth-order valence-electron chi connectivity index (χ4n) is 2.40. The Labute approximate surface area is 144 Å². The number of nitro groups is 1. The summed E-state index contributed by atoms with van der Waals surface area (Å²) in [5.41, 5.74) is 0.754. The molecule has 2 heterocycles. The summed E-state index contributed by atoms with van der Waals surface area (Å²) in [5, 5.41) is 19.8. The maximum absolute atomic E-state index is 12.2. The van der Waals surface area contributed by atoms with Crippen LogP contribution >= 0.6 is 23.7 Å². The van der Waals surface area contributed by atoms with Crippen LogP contribution in [0.5, 0.6) is 0 Å². The van der Waals surface area contributed by atoms with E-state index in [0.717, 1.165) is 11.9 Å². The summed E-state index contributed by atoms with van der Waals surface area (Å²) in [6.07, 6.45) is 0. The molecular weight excluding hydrogens is 354 g/mol. The zero-order chi connectivity index (χ0) is 17.4. The Bertz CT molecular complexity index is 820. The lowest BCUT2D eigenvalue weighted by atomic mass is 10.1. The molecule has 24 heavy (non-hydrogen) atoms. The van der Waals surface area contributed by atoms with Gasteiger partial charge in [-0.15, -0.1) is 11.8 Å². The molecule has 1 atom stereocenters. The summed E-state index contributed by atoms with van der Waals surface area (Å²) < 4.78 is 4.13. The number of rotatable bonds is 4. The van der Waals surface area contributed by atoms with Gasteiger partial charge in [0.1, 0.15) is 21.7 Å². The molecule has 2 aliphatic heterocycles. The highest BCUT2D eigenvalue weighted by molar-refractivity contribution is 8.01. The molecule has 0 radical (unpaired) electrons. The molecule has 1 fully saturated rings. The van der Waals surface area contributed by atoms with Crippen LogP contribution in [0, 0.1) is 10.1 Å². The Morgan fingerprint density at radius 1 is 1.50 bits per heavy atom. The molecule has 1 N–H and O–H groups in total. The number of benzene rings is 1. The number of aliphatic carboxylic acids is 1. The highest BCUT2D eigenvalue weighted by Gasteiger charge is 2.50. The van der Waals surface area contributed by atoms with Gasteiger partial charge >= 0.3 is 5.97 Å². The third-order valence-electron chi connectivity index (χ3n) is 3.52. The second-order valence-corrected chi connectivity index (χ2v) is 6.94. The molecule has 1 aromatic rings. The topological polar surface area (TPSA) is 113 Å². The maximum Gasteiger partial charge on any atom is 0.352 e. The number of nitrogens with zero attached hydrogens (tertiary/aromatic N) is 3. The summed E-state index contributed by atoms with van der Waals surface area (Å²) in [6.45, 7) is 1.68. The third kappa shape index (κ3) is 2.67. The lowest BCUT2D eigenvalue weighted by Crippen LogP contribution is -2.62. The predicted octanol–water partition coefficient (Wildman–Crippen LogP) is 2.32. The van der Waals surface area contributed by atoms with Crippen LogP contribution in [0.25, 0.3) is 0 Å². The van der Waals surface area contributed by atoms with Crippen LogP contribution in [-0.4, -0.2) is 43.6 Å². The molecule has 0 unspecified atom stereocenters. The molecule has 0 bridgehead atoms. The van der Waals surface area contributed by atoms with Crippen molar-refractivity contribution in [2.75, 3.05) is 5.75 Å². The van der Waals surface area contributed by atoms with Gasteiger partial charge in [0.05, 0.1) is 4.92 Å². The number of β-lactam (4-membered cyclic amide) rings is 1. The fraction of sp³-hybridized carbons (Fsp3) is 0.214. The van der Waals surface area contributed by atoms with Crippen molar-refractivity contribution in [3.63, 3.8) is 0 Å². The average molecular weight is 365 g/mol. The normalized spacial score (nSPS) is 21.5. The number of nitro benzene ring substituents is 1. The smallest absolute Gasteiger partial charge is 0.352 e. The Hall–Kier alpha value is -2.33. The van der Waals surface area contributed by atoms with Gasteiger partial charge in [-0.05, 0) is 18.6 Å². The van der Waals surface area contributed by atoms with Crippen LogP contribution in [0.1, 0.15) is 6.92 Å². The van der Waals surface area contributed by atoms with Crippen molar-refractivity contribution in [2.24, 2.45) is 4.40 Å². The molecule has 0 spiro atoms. The molecule has 2 aliphatic rings. The molecule has 1 aromatic carbocycles. The average Bonchev–Trinajstić information content (AvgIpc) is 2.55. The van der Waals surface area contributed by atoms with Gasteiger partial charge in [0, 0.05) is 23.8 Å². The third-order valence-corrected chi connectivity index (χ3v) is 5.70. The van der Waals surface area contributed by atoms with Gasteiger partial charge in [0.15, 0.2) is 0 Å². The van der Waals surface area contributed by atoms with Crippen LogP contribution in [0.4, 0.5) is 5.69 Å². The van der Waals surface area contributed by atoms with Gasteiger partial charge in [-0.2, -0.15) is 0 Å². The standard InChI is InChI=1S/C14H11N3O5S2/c1-7-6-23-13-10(12(18)16(13)11(7)14(19)20)15-24-9-5-3-2-4-8(9)17(21)22/h2-5,13H,6H2,1H3,(H,19,20)/t13-/m0/s1. The molecule has 1 saturated heterocycles. The summed E-state index contributed by atoms with van der Waals surface area (Å²) in [5.74, 6) is -1.13. The first-order valence-corrected chi connectivity index (χ1v) is 8.60. The molecule has 1 amide bonds. The zero-order valence-corrected chi connectivity index (χ0v) is 14.0. The van der Waals surface area contributed by atoms with Crippen molar-refractivity contribution < 1.29 is 19.6 Å². The van der Waals surface area contributed by atoms with Gasteiger partial charge < -0.3 is 5.11 Å². The summed E-state index contributed by atoms with van der Waals surface area (Å²) in [7, 11) is 0. The minimum atomic E-state index is -1.14. The van der Waals surface area contributed by atoms with Crippen LogP contribution in [-0.2, 0) is 9.59 Å². The van der Waals surface area contributed by atoms with Gasteiger partial charge in [-0.25, -0.2) is 9.19 Å². The lowest BCUT2D eigenvalue weighted by molar-refractivity contribution is -0.387. The van der Waals surface area contributed by atoms with E-state index in [0.29, 0.717) is 16.2 Å². The quantitative estimate of drug-likeness (QED) is 0.377. The van der Waals surface area contributed by atoms with Crippen LogP contribution < -0.4 is 0 Å². The van der Waals surface area contributed by atoms with E-state index >= 15 is 0 Å². The van der Waals surface area contributed by atoms with E-state index in [9.17, 15) is 24.8 Å². The van der Waals surface area contributed by atoms with E-state index in [-0.39, 0.29) is 17.1 Å². The van der Waals surface area contributed by atoms with Gasteiger partial charge in [0.2, 0.25) is 0 Å². The van der Waals surface area contributed by atoms with Crippen molar-refractivity contribution in [1.29, 1.82) is 0 Å². The van der Waals surface area contributed by atoms with Crippen molar-refractivity contribution >= 4 is 47.0 Å². The van der Waals surface area contributed by atoms with Gasteiger partial charge in [0.25, 0.3) is 11.6 Å². The van der Waals surface area contributed by atoms with Crippen molar-refractivity contribution in [2.45, 2.75) is 17.2 Å². The van der Waals surface area contributed by atoms with E-state index in [4.69, 9.17) is 0 Å². The molecule has 10 heteroatoms. The summed E-state index contributed by atoms with van der Waals surface area (Å²) in [6, 6.07) is 6.11. The molecule has 3 rings (SSSR count).